The van der Waals surface area contributed by atoms with E-state index in [0.717, 1.165) is 0 Å². The fraction of sp³-hybridized carbons (Fsp3) is 0.750. The average molecular weight is 217 g/mol. The summed E-state index contributed by atoms with van der Waals surface area (Å²) in [5.74, 6) is -0.441. The minimum absolute atomic E-state index is 0.0172. The van der Waals surface area contributed by atoms with Crippen LogP contribution in [0.3, 0.4) is 0 Å². The maximum Gasteiger partial charge on any atom is 0.329 e. The number of hydrogen-bond acceptors (Lipinski definition) is 3. The summed E-state index contributed by atoms with van der Waals surface area (Å²) < 4.78 is 29.2. The standard InChI is InChI=1S/C4H9ClN2O4S/c5-7(4(6)8)2-1-3-12(9,10)11/h1-3H2,(H2,6,8)(H,9,10,11). The van der Waals surface area contributed by atoms with Crippen LogP contribution in [0.5, 0.6) is 0 Å². The summed E-state index contributed by atoms with van der Waals surface area (Å²) in [6.07, 6.45) is 0.0469. The molecule has 3 N–H and O–H groups in total. The van der Waals surface area contributed by atoms with Gasteiger partial charge in [0.15, 0.2) is 0 Å². The lowest BCUT2D eigenvalue weighted by molar-refractivity contribution is 0.233. The van der Waals surface area contributed by atoms with E-state index in [9.17, 15) is 13.2 Å². The van der Waals surface area contributed by atoms with Gasteiger partial charge in [-0.2, -0.15) is 8.42 Å². The fourth-order valence-electron chi connectivity index (χ4n) is 0.496. The Morgan fingerprint density at radius 2 is 2.08 bits per heavy atom. The molecule has 2 amide bonds. The van der Waals surface area contributed by atoms with Crippen LogP contribution in [0.2, 0.25) is 0 Å². The van der Waals surface area contributed by atoms with Crippen LogP contribution in [-0.2, 0) is 10.1 Å². The number of carbonyl (C=O) groups excluding carboxylic acids is 1. The van der Waals surface area contributed by atoms with E-state index in [-0.39, 0.29) is 13.0 Å². The predicted octanol–water partition coefficient (Wildman–Crippen LogP) is -0.201. The number of nitrogens with zero attached hydrogens (tertiary/aromatic N) is 1. The third kappa shape index (κ3) is 6.20. The molecule has 0 fully saturated rings. The molecule has 0 atom stereocenters. The van der Waals surface area contributed by atoms with Crippen molar-refractivity contribution in [2.75, 3.05) is 12.3 Å². The lowest BCUT2D eigenvalue weighted by Crippen LogP contribution is -2.29. The van der Waals surface area contributed by atoms with Crippen molar-refractivity contribution in [2.24, 2.45) is 5.73 Å². The number of amides is 2. The van der Waals surface area contributed by atoms with E-state index in [0.29, 0.717) is 4.42 Å². The highest BCUT2D eigenvalue weighted by molar-refractivity contribution is 7.85. The number of urea groups is 1. The summed E-state index contributed by atoms with van der Waals surface area (Å²) in [5.41, 5.74) is 4.73. The van der Waals surface area contributed by atoms with Gasteiger partial charge in [0.1, 0.15) is 0 Å². The lowest BCUT2D eigenvalue weighted by atomic mass is 10.5. The van der Waals surface area contributed by atoms with Crippen molar-refractivity contribution in [1.29, 1.82) is 0 Å². The van der Waals surface area contributed by atoms with Crippen LogP contribution in [0.15, 0.2) is 0 Å². The largest absolute Gasteiger partial charge is 0.350 e. The second-order valence-electron chi connectivity index (χ2n) is 2.06. The van der Waals surface area contributed by atoms with E-state index in [4.69, 9.17) is 22.1 Å². The highest BCUT2D eigenvalue weighted by atomic mass is 35.5. The first-order chi connectivity index (χ1) is 5.33. The summed E-state index contributed by atoms with van der Waals surface area (Å²) in [6, 6.07) is -0.855. The first kappa shape index (κ1) is 11.5. The van der Waals surface area contributed by atoms with Gasteiger partial charge in [0.25, 0.3) is 10.1 Å². The number of halogens is 1. The predicted molar refractivity (Wildman–Crippen MR) is 43.2 cm³/mol. The normalized spacial score (nSPS) is 11.2. The zero-order chi connectivity index (χ0) is 9.78. The molecule has 0 aliphatic heterocycles. The SMILES string of the molecule is NC(=O)N(Cl)CCCS(=O)(=O)O. The Kier molecular flexibility index (Phi) is 4.29. The van der Waals surface area contributed by atoms with Gasteiger partial charge in [0, 0.05) is 18.3 Å². The highest BCUT2D eigenvalue weighted by Crippen LogP contribution is 1.97. The molecule has 0 rings (SSSR count). The number of nitrogens with two attached hydrogens (primary N) is 1. The summed E-state index contributed by atoms with van der Waals surface area (Å²) in [7, 11) is -3.98. The van der Waals surface area contributed by atoms with Crippen LogP contribution in [0.25, 0.3) is 0 Å². The van der Waals surface area contributed by atoms with Gasteiger partial charge in [0.2, 0.25) is 0 Å². The van der Waals surface area contributed by atoms with Gasteiger partial charge in [-0.3, -0.25) is 4.55 Å². The van der Waals surface area contributed by atoms with Gasteiger partial charge in [-0.05, 0) is 6.42 Å². The first-order valence-corrected chi connectivity index (χ1v) is 4.95. The van der Waals surface area contributed by atoms with Gasteiger partial charge >= 0.3 is 6.03 Å². The smallest absolute Gasteiger partial charge is 0.329 e. The van der Waals surface area contributed by atoms with E-state index < -0.39 is 21.9 Å². The van der Waals surface area contributed by atoms with Crippen molar-refractivity contribution in [2.45, 2.75) is 6.42 Å². The molecule has 0 unspecified atom stereocenters. The quantitative estimate of drug-likeness (QED) is 0.502. The Bertz CT molecular complexity index is 252. The molecule has 0 aliphatic carbocycles. The lowest BCUT2D eigenvalue weighted by Gasteiger charge is -2.08. The topological polar surface area (TPSA) is 101 Å². The number of rotatable bonds is 4. The molecule has 0 aliphatic rings. The fourth-order valence-corrected chi connectivity index (χ4v) is 1.11. The molecule has 0 aromatic heterocycles. The number of hydrogen-bond donors (Lipinski definition) is 2. The van der Waals surface area contributed by atoms with Gasteiger partial charge in [0.05, 0.1) is 5.75 Å². The molecular formula is C4H9ClN2O4S. The van der Waals surface area contributed by atoms with Gasteiger partial charge in [-0.25, -0.2) is 9.21 Å². The zero-order valence-electron chi connectivity index (χ0n) is 6.10. The molecule has 8 heteroatoms. The molecular weight excluding hydrogens is 208 g/mol. The van der Waals surface area contributed by atoms with E-state index in [1.54, 1.807) is 0 Å². The average Bonchev–Trinajstić information content (AvgIpc) is 1.84. The van der Waals surface area contributed by atoms with Crippen molar-refractivity contribution in [3.8, 4) is 0 Å². The Hall–Kier alpha value is -0.530. The first-order valence-electron chi connectivity index (χ1n) is 3.01. The molecule has 12 heavy (non-hydrogen) atoms. The zero-order valence-corrected chi connectivity index (χ0v) is 7.68. The van der Waals surface area contributed by atoms with Crippen molar-refractivity contribution < 1.29 is 17.8 Å². The highest BCUT2D eigenvalue weighted by Gasteiger charge is 2.08. The molecule has 72 valence electrons. The summed E-state index contributed by atoms with van der Waals surface area (Å²) >= 11 is 5.23. The molecule has 0 aromatic carbocycles. The maximum absolute atomic E-state index is 10.3. The number of primary amides is 1. The van der Waals surface area contributed by atoms with Crippen LogP contribution in [0.1, 0.15) is 6.42 Å². The maximum atomic E-state index is 10.3. The van der Waals surface area contributed by atoms with Crippen LogP contribution in [0, 0.1) is 0 Å². The Labute approximate surface area is 75.1 Å². The van der Waals surface area contributed by atoms with E-state index in [1.165, 1.54) is 0 Å². The van der Waals surface area contributed by atoms with Crippen LogP contribution >= 0.6 is 11.8 Å². The van der Waals surface area contributed by atoms with Gasteiger partial charge in [-0.1, -0.05) is 0 Å². The van der Waals surface area contributed by atoms with Gasteiger partial charge in [-0.15, -0.1) is 0 Å². The molecule has 0 aromatic rings. The van der Waals surface area contributed by atoms with E-state index in [1.807, 2.05) is 0 Å². The molecule has 6 nitrogen and oxygen atoms in total. The van der Waals surface area contributed by atoms with Crippen LogP contribution in [-0.4, -0.2) is 35.7 Å². The monoisotopic (exact) mass is 216 g/mol. The second kappa shape index (κ2) is 4.48. The molecule has 0 spiro atoms. The third-order valence-corrected chi connectivity index (χ3v) is 2.14. The molecule has 0 radical (unpaired) electrons. The Balaban J connectivity index is 3.65. The van der Waals surface area contributed by atoms with Crippen LogP contribution in [0.4, 0.5) is 4.79 Å². The van der Waals surface area contributed by atoms with Crippen molar-refractivity contribution in [3.05, 3.63) is 0 Å². The molecule has 0 bridgehead atoms. The van der Waals surface area contributed by atoms with Crippen LogP contribution < -0.4 is 5.73 Å². The van der Waals surface area contributed by atoms with Crippen molar-refractivity contribution in [1.82, 2.24) is 4.42 Å². The molecule has 0 heterocycles. The van der Waals surface area contributed by atoms with E-state index in [2.05, 4.69) is 0 Å². The molecule has 0 saturated carbocycles. The number of carbonyl (C=O) groups is 1. The van der Waals surface area contributed by atoms with Crippen molar-refractivity contribution >= 4 is 27.9 Å². The Morgan fingerprint density at radius 3 is 2.42 bits per heavy atom. The molecule has 0 saturated heterocycles. The second-order valence-corrected chi connectivity index (χ2v) is 4.04. The summed E-state index contributed by atoms with van der Waals surface area (Å²) in [4.78, 5) is 10.3. The summed E-state index contributed by atoms with van der Waals surface area (Å²) in [6.45, 7) is -0.0172. The van der Waals surface area contributed by atoms with E-state index >= 15 is 0 Å². The Morgan fingerprint density at radius 1 is 1.58 bits per heavy atom. The summed E-state index contributed by atoms with van der Waals surface area (Å²) in [5, 5.41) is 0. The van der Waals surface area contributed by atoms with Gasteiger partial charge < -0.3 is 5.73 Å². The van der Waals surface area contributed by atoms with Crippen molar-refractivity contribution in [3.63, 3.8) is 0 Å². The third-order valence-electron chi connectivity index (χ3n) is 0.996. The minimum Gasteiger partial charge on any atom is -0.350 e. The minimum atomic E-state index is -3.98.